The second-order valence-corrected chi connectivity index (χ2v) is 6.76. The number of carbonyl (C=O) groups is 1. The molecule has 1 aliphatic rings. The van der Waals surface area contributed by atoms with Gasteiger partial charge in [0.1, 0.15) is 16.8 Å². The van der Waals surface area contributed by atoms with Crippen molar-refractivity contribution >= 4 is 27.5 Å². The van der Waals surface area contributed by atoms with Gasteiger partial charge in [0.25, 0.3) is 0 Å². The van der Waals surface area contributed by atoms with Crippen molar-refractivity contribution < 1.29 is 17.6 Å². The zero-order valence-electron chi connectivity index (χ0n) is 10.8. The molecule has 20 heavy (non-hydrogen) atoms. The highest BCUT2D eigenvalue weighted by Gasteiger charge is 2.40. The van der Waals surface area contributed by atoms with Gasteiger partial charge in [0, 0.05) is 18.6 Å². The first-order valence-corrected chi connectivity index (χ1v) is 7.88. The second-order valence-electron chi connectivity index (χ2n) is 4.46. The molecule has 1 fully saturated rings. The number of hydrogen-bond donors (Lipinski definition) is 1. The van der Waals surface area contributed by atoms with E-state index < -0.39 is 26.8 Å². The molecule has 110 valence electrons. The third-order valence-corrected chi connectivity index (χ3v) is 5.41. The van der Waals surface area contributed by atoms with Crippen molar-refractivity contribution in [3.05, 3.63) is 29.0 Å². The molecule has 1 aliphatic heterocycles. The number of nitrogens with one attached hydrogen (secondary N) is 1. The third-order valence-electron chi connectivity index (χ3n) is 3.23. The number of likely N-dealkylation sites (N-methyl/N-ethyl adjacent to an activating group) is 1. The summed E-state index contributed by atoms with van der Waals surface area (Å²) in [6, 6.07) is 2.58. The van der Waals surface area contributed by atoms with Crippen LogP contribution in [0.2, 0.25) is 5.02 Å². The van der Waals surface area contributed by atoms with Crippen LogP contribution in [-0.2, 0) is 14.8 Å². The summed E-state index contributed by atoms with van der Waals surface area (Å²) in [5.74, 6) is -1.31. The average Bonchev–Trinajstić information content (AvgIpc) is 2.87. The smallest absolute Gasteiger partial charge is 0.246 e. The molecule has 0 bridgehead atoms. The highest BCUT2D eigenvalue weighted by molar-refractivity contribution is 7.89. The van der Waals surface area contributed by atoms with Crippen molar-refractivity contribution in [3.8, 4) is 0 Å². The molecule has 8 heteroatoms. The Bertz CT molecular complexity index is 636. The van der Waals surface area contributed by atoms with Crippen LogP contribution in [0.3, 0.4) is 0 Å². The molecule has 2 rings (SSSR count). The zero-order chi connectivity index (χ0) is 14.9. The van der Waals surface area contributed by atoms with Crippen molar-refractivity contribution in [3.63, 3.8) is 0 Å². The number of halogens is 2. The van der Waals surface area contributed by atoms with E-state index in [2.05, 4.69) is 5.32 Å². The molecule has 1 atom stereocenters. The predicted octanol–water partition coefficient (Wildman–Crippen LogP) is 1.38. The molecule has 0 radical (unpaired) electrons. The van der Waals surface area contributed by atoms with E-state index in [4.69, 9.17) is 11.6 Å². The van der Waals surface area contributed by atoms with Crippen LogP contribution in [0.5, 0.6) is 0 Å². The first kappa shape index (κ1) is 15.2. The number of rotatable bonds is 3. The van der Waals surface area contributed by atoms with Gasteiger partial charge < -0.3 is 5.32 Å². The van der Waals surface area contributed by atoms with Gasteiger partial charge in [0.2, 0.25) is 15.9 Å². The molecule has 1 aromatic rings. The van der Waals surface area contributed by atoms with Crippen LogP contribution in [0.4, 0.5) is 4.39 Å². The maximum Gasteiger partial charge on any atom is 0.246 e. The standard InChI is InChI=1S/C12H14ClFN2O3S/c1-15-12(17)10-3-2-6-16(10)20(18,19)11-5-4-8(13)7-9(11)14/h4-5,7,10H,2-3,6H2,1H3,(H,15,17). The van der Waals surface area contributed by atoms with Gasteiger partial charge in [-0.2, -0.15) is 4.31 Å². The van der Waals surface area contributed by atoms with Gasteiger partial charge in [0.15, 0.2) is 0 Å². The summed E-state index contributed by atoms with van der Waals surface area (Å²) >= 11 is 5.62. The summed E-state index contributed by atoms with van der Waals surface area (Å²) in [4.78, 5) is 11.2. The number of nitrogens with zero attached hydrogens (tertiary/aromatic N) is 1. The van der Waals surface area contributed by atoms with Gasteiger partial charge >= 0.3 is 0 Å². The van der Waals surface area contributed by atoms with Crippen molar-refractivity contribution in [1.29, 1.82) is 0 Å². The quantitative estimate of drug-likeness (QED) is 0.915. The minimum atomic E-state index is -4.05. The summed E-state index contributed by atoms with van der Waals surface area (Å²) in [6.45, 7) is 0.197. The van der Waals surface area contributed by atoms with E-state index >= 15 is 0 Å². The lowest BCUT2D eigenvalue weighted by Gasteiger charge is -2.23. The van der Waals surface area contributed by atoms with E-state index in [0.717, 1.165) is 16.4 Å². The van der Waals surface area contributed by atoms with Crippen molar-refractivity contribution in [2.45, 2.75) is 23.8 Å². The Balaban J connectivity index is 2.41. The molecule has 1 N–H and O–H groups in total. The summed E-state index contributed by atoms with van der Waals surface area (Å²) < 4.78 is 39.8. The minimum Gasteiger partial charge on any atom is -0.358 e. The monoisotopic (exact) mass is 320 g/mol. The summed E-state index contributed by atoms with van der Waals surface area (Å²) in [5, 5.41) is 2.54. The Kier molecular flexibility index (Phi) is 4.31. The molecule has 0 aliphatic carbocycles. The normalized spacial score (nSPS) is 20.1. The largest absolute Gasteiger partial charge is 0.358 e. The molecular weight excluding hydrogens is 307 g/mol. The van der Waals surface area contributed by atoms with Gasteiger partial charge in [-0.25, -0.2) is 12.8 Å². The molecule has 1 saturated heterocycles. The first-order chi connectivity index (χ1) is 9.37. The second kappa shape index (κ2) is 5.67. The number of sulfonamides is 1. The van der Waals surface area contributed by atoms with Crippen LogP contribution < -0.4 is 5.32 Å². The number of carbonyl (C=O) groups excluding carboxylic acids is 1. The van der Waals surface area contributed by atoms with Crippen molar-refractivity contribution in [2.24, 2.45) is 0 Å². The Morgan fingerprint density at radius 3 is 2.80 bits per heavy atom. The fraction of sp³-hybridized carbons (Fsp3) is 0.417. The molecule has 0 saturated carbocycles. The van der Waals surface area contributed by atoms with Crippen LogP contribution in [0, 0.1) is 5.82 Å². The lowest BCUT2D eigenvalue weighted by molar-refractivity contribution is -0.123. The Labute approximate surface area is 121 Å². The van der Waals surface area contributed by atoms with E-state index in [1.54, 1.807) is 0 Å². The van der Waals surface area contributed by atoms with Gasteiger partial charge in [-0.3, -0.25) is 4.79 Å². The van der Waals surface area contributed by atoms with Gasteiger partial charge in [-0.05, 0) is 31.0 Å². The summed E-state index contributed by atoms with van der Waals surface area (Å²) in [5.41, 5.74) is 0. The van der Waals surface area contributed by atoms with Crippen molar-refractivity contribution in [1.82, 2.24) is 9.62 Å². The molecule has 0 aromatic heterocycles. The SMILES string of the molecule is CNC(=O)C1CCCN1S(=O)(=O)c1ccc(Cl)cc1F. The highest BCUT2D eigenvalue weighted by atomic mass is 35.5. The topological polar surface area (TPSA) is 66.5 Å². The van der Waals surface area contributed by atoms with Crippen LogP contribution in [0.1, 0.15) is 12.8 Å². The molecule has 1 heterocycles. The van der Waals surface area contributed by atoms with Crippen LogP contribution in [0.15, 0.2) is 23.1 Å². The molecule has 1 unspecified atom stereocenters. The lowest BCUT2D eigenvalue weighted by atomic mass is 10.2. The summed E-state index contributed by atoms with van der Waals surface area (Å²) in [7, 11) is -2.61. The highest BCUT2D eigenvalue weighted by Crippen LogP contribution is 2.28. The molecular formula is C12H14ClFN2O3S. The van der Waals surface area contributed by atoms with E-state index in [9.17, 15) is 17.6 Å². The van der Waals surface area contributed by atoms with E-state index in [-0.39, 0.29) is 17.5 Å². The average molecular weight is 321 g/mol. The minimum absolute atomic E-state index is 0.116. The van der Waals surface area contributed by atoms with E-state index in [1.165, 1.54) is 13.1 Å². The number of amides is 1. The molecule has 1 aromatic carbocycles. The number of benzene rings is 1. The molecule has 5 nitrogen and oxygen atoms in total. The fourth-order valence-electron chi connectivity index (χ4n) is 2.27. The predicted molar refractivity (Wildman–Crippen MR) is 72.4 cm³/mol. The Morgan fingerprint density at radius 1 is 1.50 bits per heavy atom. The molecule has 0 spiro atoms. The lowest BCUT2D eigenvalue weighted by Crippen LogP contribution is -2.45. The number of hydrogen-bond acceptors (Lipinski definition) is 3. The fourth-order valence-corrected chi connectivity index (χ4v) is 4.13. The van der Waals surface area contributed by atoms with Crippen LogP contribution in [-0.4, -0.2) is 38.3 Å². The van der Waals surface area contributed by atoms with Crippen molar-refractivity contribution in [2.75, 3.05) is 13.6 Å². The summed E-state index contributed by atoms with van der Waals surface area (Å²) in [6.07, 6.45) is 0.987. The zero-order valence-corrected chi connectivity index (χ0v) is 12.3. The maximum atomic E-state index is 13.8. The Hall–Kier alpha value is -1.18. The van der Waals surface area contributed by atoms with Gasteiger partial charge in [-0.1, -0.05) is 11.6 Å². The van der Waals surface area contributed by atoms with E-state index in [0.29, 0.717) is 12.8 Å². The molecule has 1 amide bonds. The van der Waals surface area contributed by atoms with Crippen LogP contribution in [0.25, 0.3) is 0 Å². The first-order valence-electron chi connectivity index (χ1n) is 6.06. The van der Waals surface area contributed by atoms with Gasteiger partial charge in [0.05, 0.1) is 0 Å². The van der Waals surface area contributed by atoms with Gasteiger partial charge in [-0.15, -0.1) is 0 Å². The Morgan fingerprint density at radius 2 is 2.20 bits per heavy atom. The van der Waals surface area contributed by atoms with Crippen LogP contribution >= 0.6 is 11.6 Å². The third kappa shape index (κ3) is 2.65. The maximum absolute atomic E-state index is 13.8. The van der Waals surface area contributed by atoms with E-state index in [1.807, 2.05) is 0 Å².